The van der Waals surface area contributed by atoms with Gasteiger partial charge in [0.25, 0.3) is 0 Å². The molecular weight excluding hydrogens is 237 g/mol. The van der Waals surface area contributed by atoms with Crippen LogP contribution in [0.1, 0.15) is 17.3 Å². The average molecular weight is 247 g/mol. The molecule has 0 unspecified atom stereocenters. The summed E-state index contributed by atoms with van der Waals surface area (Å²) in [5, 5.41) is 0.645. The quantitative estimate of drug-likeness (QED) is 0.776. The molecule has 0 saturated heterocycles. The molecule has 2 nitrogen and oxygen atoms in total. The molecule has 0 bridgehead atoms. The lowest BCUT2D eigenvalue weighted by molar-refractivity contribution is 0.101. The van der Waals surface area contributed by atoms with Crippen LogP contribution in [0.5, 0.6) is 0 Å². The molecule has 1 aromatic heterocycles. The first-order chi connectivity index (χ1) is 8.16. The third kappa shape index (κ3) is 2.91. The Kier molecular flexibility index (Phi) is 3.54. The highest BCUT2D eigenvalue weighted by atomic mass is 32.2. The Bertz CT molecular complexity index is 539. The molecule has 86 valence electrons. The molecule has 17 heavy (non-hydrogen) atoms. The lowest BCUT2D eigenvalue weighted by Gasteiger charge is -2.04. The fraction of sp³-hybridized carbons (Fsp3) is 0.0769. The number of hydrogen-bond donors (Lipinski definition) is 0. The van der Waals surface area contributed by atoms with Gasteiger partial charge in [-0.1, -0.05) is 11.8 Å². The van der Waals surface area contributed by atoms with Gasteiger partial charge in [-0.05, 0) is 43.3 Å². The molecule has 0 aliphatic carbocycles. The Balaban J connectivity index is 2.30. The number of pyridine rings is 1. The van der Waals surface area contributed by atoms with Gasteiger partial charge >= 0.3 is 0 Å². The molecule has 0 atom stereocenters. The molecule has 2 rings (SSSR count). The molecule has 1 heterocycles. The van der Waals surface area contributed by atoms with E-state index < -0.39 is 0 Å². The van der Waals surface area contributed by atoms with E-state index in [4.69, 9.17) is 0 Å². The summed E-state index contributed by atoms with van der Waals surface area (Å²) >= 11 is 1.35. The number of carbonyl (C=O) groups is 1. The summed E-state index contributed by atoms with van der Waals surface area (Å²) in [6.45, 7) is 1.51. The molecule has 0 spiro atoms. The molecule has 0 amide bonds. The Hall–Kier alpha value is -1.68. The van der Waals surface area contributed by atoms with Gasteiger partial charge in [0.05, 0.1) is 0 Å². The number of benzene rings is 1. The maximum atomic E-state index is 12.8. The highest BCUT2D eigenvalue weighted by Crippen LogP contribution is 2.28. The smallest absolute Gasteiger partial charge is 0.162 e. The van der Waals surface area contributed by atoms with Crippen molar-refractivity contribution in [2.24, 2.45) is 0 Å². The molecule has 0 saturated carbocycles. The van der Waals surface area contributed by atoms with E-state index >= 15 is 0 Å². The van der Waals surface area contributed by atoms with Crippen molar-refractivity contribution < 1.29 is 9.18 Å². The second-order valence-corrected chi connectivity index (χ2v) is 4.53. The van der Waals surface area contributed by atoms with Crippen LogP contribution in [0.4, 0.5) is 4.39 Å². The van der Waals surface area contributed by atoms with E-state index in [-0.39, 0.29) is 11.6 Å². The number of carbonyl (C=O) groups excluding carboxylic acids is 1. The third-order valence-electron chi connectivity index (χ3n) is 2.18. The van der Waals surface area contributed by atoms with Gasteiger partial charge in [0, 0.05) is 16.7 Å². The van der Waals surface area contributed by atoms with Gasteiger partial charge in [-0.15, -0.1) is 0 Å². The van der Waals surface area contributed by atoms with Gasteiger partial charge in [0.15, 0.2) is 5.78 Å². The molecule has 1 aromatic carbocycles. The van der Waals surface area contributed by atoms with Crippen LogP contribution in [-0.4, -0.2) is 10.8 Å². The monoisotopic (exact) mass is 247 g/mol. The van der Waals surface area contributed by atoms with Crippen LogP contribution < -0.4 is 0 Å². The van der Waals surface area contributed by atoms with Crippen molar-refractivity contribution in [1.29, 1.82) is 0 Å². The topological polar surface area (TPSA) is 30.0 Å². The van der Waals surface area contributed by atoms with Gasteiger partial charge in [0.2, 0.25) is 0 Å². The third-order valence-corrected chi connectivity index (χ3v) is 3.21. The van der Waals surface area contributed by atoms with E-state index in [1.54, 1.807) is 30.5 Å². The van der Waals surface area contributed by atoms with Gasteiger partial charge < -0.3 is 0 Å². The Morgan fingerprint density at radius 1 is 1.24 bits per heavy atom. The standard InChI is InChI=1S/C13H10FNOS/c1-9(16)12-3-2-8-15-13(12)17-11-6-4-10(14)5-7-11/h2-8H,1H3. The summed E-state index contributed by atoms with van der Waals surface area (Å²) in [5.41, 5.74) is 0.585. The van der Waals surface area contributed by atoms with Crippen molar-refractivity contribution in [3.05, 3.63) is 54.0 Å². The first kappa shape index (κ1) is 11.8. The van der Waals surface area contributed by atoms with Crippen LogP contribution in [0.2, 0.25) is 0 Å². The predicted octanol–water partition coefficient (Wildman–Crippen LogP) is 3.57. The number of ketones is 1. The molecule has 2 aromatic rings. The van der Waals surface area contributed by atoms with Crippen molar-refractivity contribution >= 4 is 17.5 Å². The predicted molar refractivity (Wildman–Crippen MR) is 64.8 cm³/mol. The summed E-state index contributed by atoms with van der Waals surface area (Å²) in [6.07, 6.45) is 1.64. The number of aromatic nitrogens is 1. The molecule has 0 N–H and O–H groups in total. The van der Waals surface area contributed by atoms with Crippen molar-refractivity contribution in [3.63, 3.8) is 0 Å². The number of nitrogens with zero attached hydrogens (tertiary/aromatic N) is 1. The summed E-state index contributed by atoms with van der Waals surface area (Å²) in [6, 6.07) is 9.57. The van der Waals surface area contributed by atoms with E-state index in [9.17, 15) is 9.18 Å². The normalized spacial score (nSPS) is 10.2. The Morgan fingerprint density at radius 2 is 1.94 bits per heavy atom. The molecular formula is C13H10FNOS. The zero-order valence-electron chi connectivity index (χ0n) is 9.18. The van der Waals surface area contributed by atoms with Crippen LogP contribution in [0.3, 0.4) is 0 Å². The van der Waals surface area contributed by atoms with Crippen molar-refractivity contribution in [3.8, 4) is 0 Å². The minimum atomic E-state index is -0.276. The highest BCUT2D eigenvalue weighted by molar-refractivity contribution is 7.99. The van der Waals surface area contributed by atoms with Crippen LogP contribution in [0.25, 0.3) is 0 Å². The highest BCUT2D eigenvalue weighted by Gasteiger charge is 2.09. The molecule has 4 heteroatoms. The maximum absolute atomic E-state index is 12.8. The zero-order valence-corrected chi connectivity index (χ0v) is 10.00. The number of Topliss-reactive ketones (excluding diaryl/α,β-unsaturated/α-hetero) is 1. The molecule has 0 fully saturated rings. The minimum Gasteiger partial charge on any atom is -0.294 e. The average Bonchev–Trinajstić information content (AvgIpc) is 2.32. The first-order valence-electron chi connectivity index (χ1n) is 5.06. The Labute approximate surface area is 103 Å². The van der Waals surface area contributed by atoms with E-state index in [2.05, 4.69) is 4.98 Å². The maximum Gasteiger partial charge on any atom is 0.162 e. The van der Waals surface area contributed by atoms with Crippen molar-refractivity contribution in [2.45, 2.75) is 16.8 Å². The largest absolute Gasteiger partial charge is 0.294 e. The van der Waals surface area contributed by atoms with Crippen LogP contribution in [-0.2, 0) is 0 Å². The summed E-state index contributed by atoms with van der Waals surface area (Å²) in [5.74, 6) is -0.301. The lowest BCUT2D eigenvalue weighted by atomic mass is 10.2. The second-order valence-electron chi connectivity index (χ2n) is 3.47. The first-order valence-corrected chi connectivity index (χ1v) is 5.88. The van der Waals surface area contributed by atoms with E-state index in [0.717, 1.165) is 4.90 Å². The zero-order chi connectivity index (χ0) is 12.3. The summed E-state index contributed by atoms with van der Waals surface area (Å²) < 4.78 is 12.8. The molecule has 0 aliphatic heterocycles. The lowest BCUT2D eigenvalue weighted by Crippen LogP contribution is -1.96. The van der Waals surface area contributed by atoms with Gasteiger partial charge in [-0.2, -0.15) is 0 Å². The van der Waals surface area contributed by atoms with Gasteiger partial charge in [-0.25, -0.2) is 9.37 Å². The van der Waals surface area contributed by atoms with Crippen molar-refractivity contribution in [1.82, 2.24) is 4.98 Å². The van der Waals surface area contributed by atoms with Crippen molar-refractivity contribution in [2.75, 3.05) is 0 Å². The SMILES string of the molecule is CC(=O)c1cccnc1Sc1ccc(F)cc1. The number of rotatable bonds is 3. The fourth-order valence-corrected chi connectivity index (χ4v) is 2.29. The van der Waals surface area contributed by atoms with Gasteiger partial charge in [0.1, 0.15) is 10.8 Å². The van der Waals surface area contributed by atoms with Crippen LogP contribution in [0.15, 0.2) is 52.5 Å². The Morgan fingerprint density at radius 3 is 2.59 bits per heavy atom. The number of hydrogen-bond acceptors (Lipinski definition) is 3. The summed E-state index contributed by atoms with van der Waals surface area (Å²) in [4.78, 5) is 16.4. The summed E-state index contributed by atoms with van der Waals surface area (Å²) in [7, 11) is 0. The van der Waals surface area contributed by atoms with E-state index in [0.29, 0.717) is 10.6 Å². The second kappa shape index (κ2) is 5.10. The number of halogens is 1. The molecule has 0 aliphatic rings. The van der Waals surface area contributed by atoms with E-state index in [1.165, 1.54) is 30.8 Å². The van der Waals surface area contributed by atoms with Gasteiger partial charge in [-0.3, -0.25) is 4.79 Å². The van der Waals surface area contributed by atoms with Crippen LogP contribution in [0, 0.1) is 5.82 Å². The fourth-order valence-electron chi connectivity index (χ4n) is 1.35. The van der Waals surface area contributed by atoms with E-state index in [1.807, 2.05) is 0 Å². The molecule has 0 radical (unpaired) electrons. The minimum absolute atomic E-state index is 0.0253. The van der Waals surface area contributed by atoms with Crippen LogP contribution >= 0.6 is 11.8 Å².